The summed E-state index contributed by atoms with van der Waals surface area (Å²) >= 11 is 0. The smallest absolute Gasteiger partial charge is 0.191 e. The first-order chi connectivity index (χ1) is 12.7. The molecule has 0 unspecified atom stereocenters. The van der Waals surface area contributed by atoms with Crippen LogP contribution in [0.15, 0.2) is 47.5 Å². The van der Waals surface area contributed by atoms with Gasteiger partial charge < -0.3 is 20.1 Å². The van der Waals surface area contributed by atoms with Gasteiger partial charge in [0, 0.05) is 24.7 Å². The van der Waals surface area contributed by atoms with Gasteiger partial charge in [0.05, 0.1) is 32.4 Å². The summed E-state index contributed by atoms with van der Waals surface area (Å²) in [7, 11) is 3.27. The van der Waals surface area contributed by atoms with E-state index >= 15 is 0 Å². The molecule has 0 spiro atoms. The molecule has 0 saturated heterocycles. The van der Waals surface area contributed by atoms with Crippen molar-refractivity contribution in [3.05, 3.63) is 59.2 Å². The maximum Gasteiger partial charge on any atom is 0.191 e. The highest BCUT2D eigenvalue weighted by Gasteiger charge is 2.06. The van der Waals surface area contributed by atoms with Crippen LogP contribution in [0.1, 0.15) is 23.6 Å². The Kier molecular flexibility index (Phi) is 10.0. The van der Waals surface area contributed by atoms with Crippen LogP contribution in [0.5, 0.6) is 11.5 Å². The number of guanidine groups is 1. The molecule has 2 rings (SSSR count). The molecule has 0 fully saturated rings. The van der Waals surface area contributed by atoms with Crippen LogP contribution in [-0.2, 0) is 13.1 Å². The Morgan fingerprint density at radius 2 is 1.93 bits per heavy atom. The van der Waals surface area contributed by atoms with Gasteiger partial charge in [-0.3, -0.25) is 0 Å². The molecule has 0 atom stereocenters. The van der Waals surface area contributed by atoms with Crippen LogP contribution < -0.4 is 20.1 Å². The SMILES string of the molecule is CCNC(=NCc1cccc(C#N)c1)NCc1ccc(OC)cc1OC.I. The van der Waals surface area contributed by atoms with E-state index in [0.29, 0.717) is 24.6 Å². The molecule has 0 radical (unpaired) electrons. The lowest BCUT2D eigenvalue weighted by molar-refractivity contribution is 0.390. The molecule has 0 aliphatic heterocycles. The lowest BCUT2D eigenvalue weighted by Crippen LogP contribution is -2.36. The summed E-state index contributed by atoms with van der Waals surface area (Å²) in [6, 6.07) is 15.3. The van der Waals surface area contributed by atoms with Gasteiger partial charge in [-0.1, -0.05) is 12.1 Å². The third-order valence-corrected chi connectivity index (χ3v) is 3.76. The van der Waals surface area contributed by atoms with Gasteiger partial charge in [0.25, 0.3) is 0 Å². The lowest BCUT2D eigenvalue weighted by atomic mass is 10.1. The summed E-state index contributed by atoms with van der Waals surface area (Å²) in [5.41, 5.74) is 2.63. The first-order valence-corrected chi connectivity index (χ1v) is 8.42. The molecular formula is C20H25IN4O2. The van der Waals surface area contributed by atoms with Gasteiger partial charge in [-0.15, -0.1) is 24.0 Å². The summed E-state index contributed by atoms with van der Waals surface area (Å²) in [6.07, 6.45) is 0. The van der Waals surface area contributed by atoms with E-state index in [1.165, 1.54) is 0 Å². The van der Waals surface area contributed by atoms with Gasteiger partial charge in [-0.25, -0.2) is 4.99 Å². The largest absolute Gasteiger partial charge is 0.497 e. The van der Waals surface area contributed by atoms with Gasteiger partial charge in [-0.2, -0.15) is 5.26 Å². The molecule has 0 aromatic heterocycles. The minimum atomic E-state index is 0. The highest BCUT2D eigenvalue weighted by atomic mass is 127. The van der Waals surface area contributed by atoms with Crippen LogP contribution >= 0.6 is 24.0 Å². The van der Waals surface area contributed by atoms with Crippen LogP contribution in [0.4, 0.5) is 0 Å². The van der Waals surface area contributed by atoms with Gasteiger partial charge in [0.15, 0.2) is 5.96 Å². The van der Waals surface area contributed by atoms with Gasteiger partial charge >= 0.3 is 0 Å². The number of hydrogen-bond acceptors (Lipinski definition) is 4. The summed E-state index contributed by atoms with van der Waals surface area (Å²) in [4.78, 5) is 4.58. The van der Waals surface area contributed by atoms with Crippen molar-refractivity contribution < 1.29 is 9.47 Å². The van der Waals surface area contributed by atoms with Crippen LogP contribution in [0.2, 0.25) is 0 Å². The number of ether oxygens (including phenoxy) is 2. The summed E-state index contributed by atoms with van der Waals surface area (Å²) < 4.78 is 10.6. The molecule has 27 heavy (non-hydrogen) atoms. The van der Waals surface area contributed by atoms with Crippen molar-refractivity contribution in [1.29, 1.82) is 5.26 Å². The zero-order chi connectivity index (χ0) is 18.8. The lowest BCUT2D eigenvalue weighted by Gasteiger charge is -2.14. The Labute approximate surface area is 177 Å². The Hall–Kier alpha value is -2.47. The maximum absolute atomic E-state index is 8.99. The molecule has 144 valence electrons. The Balaban J connectivity index is 0.00000364. The van der Waals surface area contributed by atoms with Crippen molar-refractivity contribution >= 4 is 29.9 Å². The number of nitrogens with one attached hydrogen (secondary N) is 2. The average molecular weight is 480 g/mol. The molecule has 0 saturated carbocycles. The van der Waals surface area contributed by atoms with E-state index in [9.17, 15) is 0 Å². The van der Waals surface area contributed by atoms with Crippen molar-refractivity contribution in [2.75, 3.05) is 20.8 Å². The zero-order valence-electron chi connectivity index (χ0n) is 15.8. The molecule has 2 N–H and O–H groups in total. The molecule has 0 aliphatic carbocycles. The maximum atomic E-state index is 8.99. The third-order valence-electron chi connectivity index (χ3n) is 3.76. The minimum absolute atomic E-state index is 0. The molecule has 2 aromatic rings. The molecule has 7 heteroatoms. The molecule has 6 nitrogen and oxygen atoms in total. The Bertz CT molecular complexity index is 803. The predicted octanol–water partition coefficient (Wildman–Crippen LogP) is 3.45. The second-order valence-corrected chi connectivity index (χ2v) is 5.54. The molecule has 0 bridgehead atoms. The molecular weight excluding hydrogens is 455 g/mol. The molecule has 0 amide bonds. The van der Waals surface area contributed by atoms with Crippen LogP contribution in [0, 0.1) is 11.3 Å². The fraction of sp³-hybridized carbons (Fsp3) is 0.300. The first-order valence-electron chi connectivity index (χ1n) is 8.42. The molecule has 0 aliphatic rings. The van der Waals surface area contributed by atoms with Gasteiger partial charge in [0.2, 0.25) is 0 Å². The van der Waals surface area contributed by atoms with Gasteiger partial charge in [-0.05, 0) is 36.8 Å². The second-order valence-electron chi connectivity index (χ2n) is 5.54. The summed E-state index contributed by atoms with van der Waals surface area (Å²) in [6.45, 7) is 3.83. The predicted molar refractivity (Wildman–Crippen MR) is 118 cm³/mol. The van der Waals surface area contributed by atoms with Crippen molar-refractivity contribution in [1.82, 2.24) is 10.6 Å². The highest BCUT2D eigenvalue weighted by Crippen LogP contribution is 2.24. The van der Waals surface area contributed by atoms with Crippen LogP contribution in [0.3, 0.4) is 0 Å². The topological polar surface area (TPSA) is 78.7 Å². The Morgan fingerprint density at radius 3 is 2.59 bits per heavy atom. The summed E-state index contributed by atoms with van der Waals surface area (Å²) in [5.74, 6) is 2.21. The average Bonchev–Trinajstić information content (AvgIpc) is 2.70. The fourth-order valence-corrected chi connectivity index (χ4v) is 2.43. The normalized spacial score (nSPS) is 10.4. The van der Waals surface area contributed by atoms with E-state index < -0.39 is 0 Å². The van der Waals surface area contributed by atoms with Crippen molar-refractivity contribution in [2.45, 2.75) is 20.0 Å². The number of nitriles is 1. The second kappa shape index (κ2) is 12.0. The van der Waals surface area contributed by atoms with E-state index in [1.54, 1.807) is 20.3 Å². The first kappa shape index (κ1) is 22.6. The number of benzene rings is 2. The number of hydrogen-bond donors (Lipinski definition) is 2. The number of halogens is 1. The van der Waals surface area contributed by atoms with Crippen molar-refractivity contribution in [2.24, 2.45) is 4.99 Å². The van der Waals surface area contributed by atoms with Crippen LogP contribution in [0.25, 0.3) is 0 Å². The highest BCUT2D eigenvalue weighted by molar-refractivity contribution is 14.0. The summed E-state index contributed by atoms with van der Waals surface area (Å²) in [5, 5.41) is 15.5. The third kappa shape index (κ3) is 6.98. The monoisotopic (exact) mass is 480 g/mol. The van der Waals surface area contributed by atoms with E-state index in [2.05, 4.69) is 21.7 Å². The molecule has 2 aromatic carbocycles. The van der Waals surface area contributed by atoms with Gasteiger partial charge in [0.1, 0.15) is 11.5 Å². The quantitative estimate of drug-likeness (QED) is 0.361. The van der Waals surface area contributed by atoms with E-state index in [1.807, 2.05) is 43.3 Å². The van der Waals surface area contributed by atoms with Crippen molar-refractivity contribution in [3.63, 3.8) is 0 Å². The van der Waals surface area contributed by atoms with E-state index in [-0.39, 0.29) is 24.0 Å². The van der Waals surface area contributed by atoms with Crippen molar-refractivity contribution in [3.8, 4) is 17.6 Å². The van der Waals surface area contributed by atoms with E-state index in [4.69, 9.17) is 14.7 Å². The van der Waals surface area contributed by atoms with Crippen LogP contribution in [-0.4, -0.2) is 26.7 Å². The standard InChI is InChI=1S/C20H24N4O2.HI/c1-4-22-20(23-13-16-7-5-6-15(10-16)12-21)24-14-17-8-9-18(25-2)11-19(17)26-3;/h5-11H,4,13-14H2,1-3H3,(H2,22,23,24);1H. The number of methoxy groups -OCH3 is 2. The van der Waals surface area contributed by atoms with E-state index in [0.717, 1.165) is 29.2 Å². The number of nitrogens with zero attached hydrogens (tertiary/aromatic N) is 2. The Morgan fingerprint density at radius 1 is 1.11 bits per heavy atom. The molecule has 0 heterocycles. The fourth-order valence-electron chi connectivity index (χ4n) is 2.43. The zero-order valence-corrected chi connectivity index (χ0v) is 18.1. The number of aliphatic imine (C=N–C) groups is 1. The number of rotatable bonds is 7. The minimum Gasteiger partial charge on any atom is -0.497 e.